The first-order chi connectivity index (χ1) is 13.7. The summed E-state index contributed by atoms with van der Waals surface area (Å²) in [6.07, 6.45) is 0.602. The fourth-order valence-electron chi connectivity index (χ4n) is 3.22. The van der Waals surface area contributed by atoms with E-state index in [1.165, 1.54) is 12.1 Å². The highest BCUT2D eigenvalue weighted by atomic mass is 19.1. The van der Waals surface area contributed by atoms with E-state index in [9.17, 15) is 4.39 Å². The van der Waals surface area contributed by atoms with Gasteiger partial charge in [-0.1, -0.05) is 6.07 Å². The third-order valence-electron chi connectivity index (χ3n) is 4.56. The van der Waals surface area contributed by atoms with Gasteiger partial charge in [0.25, 0.3) is 0 Å². The zero-order valence-corrected chi connectivity index (χ0v) is 15.6. The summed E-state index contributed by atoms with van der Waals surface area (Å²) in [5, 5.41) is 6.49. The number of halogens is 1. The number of nitrogens with zero attached hydrogens (tertiary/aromatic N) is 1. The average Bonchev–Trinajstić information content (AvgIpc) is 3.18. The fourth-order valence-corrected chi connectivity index (χ4v) is 3.22. The van der Waals surface area contributed by atoms with Crippen LogP contribution < -0.4 is 24.8 Å². The van der Waals surface area contributed by atoms with E-state index < -0.39 is 0 Å². The first kappa shape index (κ1) is 18.4. The van der Waals surface area contributed by atoms with E-state index in [1.54, 1.807) is 7.05 Å². The van der Waals surface area contributed by atoms with Gasteiger partial charge >= 0.3 is 0 Å². The van der Waals surface area contributed by atoms with Crippen molar-refractivity contribution in [2.45, 2.75) is 19.6 Å². The molecule has 2 N–H and O–H groups in total. The van der Waals surface area contributed by atoms with E-state index >= 15 is 0 Å². The number of hydrogen-bond donors (Lipinski definition) is 2. The monoisotopic (exact) mass is 387 g/mol. The Labute approximate surface area is 162 Å². The minimum atomic E-state index is -0.284. The summed E-state index contributed by atoms with van der Waals surface area (Å²) in [7, 11) is 1.71. The van der Waals surface area contributed by atoms with Crippen molar-refractivity contribution in [3.63, 3.8) is 0 Å². The van der Waals surface area contributed by atoms with Crippen molar-refractivity contribution in [2.24, 2.45) is 4.99 Å². The Morgan fingerprint density at radius 2 is 1.96 bits per heavy atom. The number of hydrogen-bond acceptors (Lipinski definition) is 5. The van der Waals surface area contributed by atoms with E-state index in [1.807, 2.05) is 18.2 Å². The summed E-state index contributed by atoms with van der Waals surface area (Å²) in [6.45, 7) is 1.99. The van der Waals surface area contributed by atoms with Gasteiger partial charge in [-0.2, -0.15) is 0 Å². The first-order valence-corrected chi connectivity index (χ1v) is 9.08. The molecule has 0 saturated heterocycles. The molecule has 2 aromatic carbocycles. The molecule has 0 radical (unpaired) electrons. The Bertz CT molecular complexity index is 888. The number of aliphatic imine (C=N–C) groups is 1. The van der Waals surface area contributed by atoms with Crippen LogP contribution in [0.4, 0.5) is 4.39 Å². The van der Waals surface area contributed by atoms with Crippen LogP contribution in [0.2, 0.25) is 0 Å². The maximum atomic E-state index is 13.8. The molecule has 0 atom stereocenters. The molecular weight excluding hydrogens is 365 g/mol. The lowest BCUT2D eigenvalue weighted by molar-refractivity contribution is -0.0172. The van der Waals surface area contributed by atoms with Crippen molar-refractivity contribution in [1.29, 1.82) is 0 Å². The molecule has 2 aromatic rings. The molecule has 4 rings (SSSR count). The standard InChI is InChI=1S/C20H22FN3O4/c1-22-20(24-9-13-2-3-17-18(6-13)27-12-26-17)23-5-4-14-7-16(21)8-15-10-25-11-28-19(14)15/h2-3,6-8H,4-5,9-12H2,1H3,(H2,22,23,24). The van der Waals surface area contributed by atoms with E-state index in [-0.39, 0.29) is 19.4 Å². The van der Waals surface area contributed by atoms with Gasteiger partial charge in [-0.05, 0) is 41.8 Å². The molecule has 2 aliphatic heterocycles. The summed E-state index contributed by atoms with van der Waals surface area (Å²) in [5.41, 5.74) is 2.61. The molecule has 8 heteroatoms. The molecule has 0 bridgehead atoms. The third-order valence-corrected chi connectivity index (χ3v) is 4.56. The summed E-state index contributed by atoms with van der Waals surface area (Å²) >= 11 is 0. The molecule has 2 aliphatic rings. The van der Waals surface area contributed by atoms with Crippen LogP contribution in [0.1, 0.15) is 16.7 Å². The van der Waals surface area contributed by atoms with Gasteiger partial charge in [0.1, 0.15) is 11.6 Å². The van der Waals surface area contributed by atoms with Gasteiger partial charge < -0.3 is 29.6 Å². The lowest BCUT2D eigenvalue weighted by Gasteiger charge is -2.21. The van der Waals surface area contributed by atoms with Crippen LogP contribution in [0.5, 0.6) is 17.2 Å². The lowest BCUT2D eigenvalue weighted by atomic mass is 10.1. The quantitative estimate of drug-likeness (QED) is 0.606. The second kappa shape index (κ2) is 8.35. The molecule has 0 aromatic heterocycles. The van der Waals surface area contributed by atoms with Gasteiger partial charge in [-0.15, -0.1) is 0 Å². The van der Waals surface area contributed by atoms with Crippen LogP contribution >= 0.6 is 0 Å². The Morgan fingerprint density at radius 1 is 1.07 bits per heavy atom. The van der Waals surface area contributed by atoms with Gasteiger partial charge in [0, 0.05) is 25.7 Å². The molecule has 28 heavy (non-hydrogen) atoms. The molecule has 0 fully saturated rings. The van der Waals surface area contributed by atoms with Crippen molar-refractivity contribution in [3.8, 4) is 17.2 Å². The molecule has 2 heterocycles. The topological polar surface area (TPSA) is 73.3 Å². The third kappa shape index (κ3) is 4.12. The highest BCUT2D eigenvalue weighted by Crippen LogP contribution is 2.32. The number of benzene rings is 2. The normalized spacial score (nSPS) is 15.0. The summed E-state index contributed by atoms with van der Waals surface area (Å²) in [4.78, 5) is 4.22. The SMILES string of the molecule is CN=C(NCCc1cc(F)cc2c1OCOC2)NCc1ccc2c(c1)OCO2. The van der Waals surface area contributed by atoms with Crippen LogP contribution in [0.15, 0.2) is 35.3 Å². The Hall–Kier alpha value is -3.00. The number of rotatable bonds is 5. The van der Waals surface area contributed by atoms with Crippen molar-refractivity contribution in [2.75, 3.05) is 27.2 Å². The number of ether oxygens (including phenoxy) is 4. The molecular formula is C20H22FN3O4. The van der Waals surface area contributed by atoms with E-state index in [0.717, 1.165) is 33.9 Å². The van der Waals surface area contributed by atoms with Crippen molar-refractivity contribution in [3.05, 3.63) is 52.8 Å². The van der Waals surface area contributed by atoms with Gasteiger partial charge in [0.2, 0.25) is 6.79 Å². The van der Waals surface area contributed by atoms with Crippen LogP contribution in [0.3, 0.4) is 0 Å². The Kier molecular flexibility index (Phi) is 5.48. The van der Waals surface area contributed by atoms with Gasteiger partial charge in [-0.25, -0.2) is 4.39 Å². The fraction of sp³-hybridized carbons (Fsp3) is 0.350. The first-order valence-electron chi connectivity index (χ1n) is 9.08. The number of nitrogens with one attached hydrogen (secondary N) is 2. The maximum absolute atomic E-state index is 13.8. The van der Waals surface area contributed by atoms with Crippen LogP contribution in [-0.4, -0.2) is 33.1 Å². The highest BCUT2D eigenvalue weighted by molar-refractivity contribution is 5.79. The summed E-state index contributed by atoms with van der Waals surface area (Å²) in [6, 6.07) is 8.78. The zero-order chi connectivity index (χ0) is 19.3. The van der Waals surface area contributed by atoms with E-state index in [4.69, 9.17) is 18.9 Å². The van der Waals surface area contributed by atoms with Gasteiger partial charge in [0.05, 0.1) is 6.61 Å². The number of fused-ring (bicyclic) bond motifs is 2. The molecule has 0 saturated carbocycles. The van der Waals surface area contributed by atoms with Crippen LogP contribution in [0.25, 0.3) is 0 Å². The zero-order valence-electron chi connectivity index (χ0n) is 15.6. The molecule has 0 aliphatic carbocycles. The summed E-state index contributed by atoms with van der Waals surface area (Å²) in [5.74, 6) is 2.61. The second-order valence-corrected chi connectivity index (χ2v) is 6.45. The predicted octanol–water partition coefficient (Wildman–Crippen LogP) is 2.33. The minimum absolute atomic E-state index is 0.192. The molecule has 0 amide bonds. The largest absolute Gasteiger partial charge is 0.467 e. The molecule has 7 nitrogen and oxygen atoms in total. The molecule has 0 spiro atoms. The van der Waals surface area contributed by atoms with E-state index in [0.29, 0.717) is 32.1 Å². The van der Waals surface area contributed by atoms with Gasteiger partial charge in [0.15, 0.2) is 24.3 Å². The van der Waals surface area contributed by atoms with Crippen molar-refractivity contribution >= 4 is 5.96 Å². The Morgan fingerprint density at radius 3 is 2.86 bits per heavy atom. The van der Waals surface area contributed by atoms with E-state index in [2.05, 4.69) is 15.6 Å². The smallest absolute Gasteiger partial charge is 0.231 e. The predicted molar refractivity (Wildman–Crippen MR) is 101 cm³/mol. The average molecular weight is 387 g/mol. The lowest BCUT2D eigenvalue weighted by Crippen LogP contribution is -2.37. The highest BCUT2D eigenvalue weighted by Gasteiger charge is 2.17. The second-order valence-electron chi connectivity index (χ2n) is 6.45. The molecule has 148 valence electrons. The maximum Gasteiger partial charge on any atom is 0.231 e. The van der Waals surface area contributed by atoms with Crippen LogP contribution in [-0.2, 0) is 24.3 Å². The number of guanidine groups is 1. The van der Waals surface area contributed by atoms with Gasteiger partial charge in [-0.3, -0.25) is 4.99 Å². The molecule has 0 unspecified atom stereocenters. The Balaban J connectivity index is 1.31. The van der Waals surface area contributed by atoms with Crippen LogP contribution in [0, 0.1) is 5.82 Å². The van der Waals surface area contributed by atoms with Crippen molar-refractivity contribution in [1.82, 2.24) is 10.6 Å². The minimum Gasteiger partial charge on any atom is -0.467 e. The summed E-state index contributed by atoms with van der Waals surface area (Å²) < 4.78 is 35.3. The van der Waals surface area contributed by atoms with Crippen molar-refractivity contribution < 1.29 is 23.3 Å².